The first kappa shape index (κ1) is 12.9. The summed E-state index contributed by atoms with van der Waals surface area (Å²) in [5.74, 6) is -4.41. The number of nitrogens with two attached hydrogens (primary N) is 1. The summed E-state index contributed by atoms with van der Waals surface area (Å²) in [6, 6.07) is 0.918. The molecule has 8 heteroatoms. The number of halogens is 3. The molecule has 1 amide bonds. The molecule has 0 aliphatic carbocycles. The van der Waals surface area contributed by atoms with Gasteiger partial charge in [-0.25, -0.2) is 13.2 Å². The van der Waals surface area contributed by atoms with E-state index in [0.717, 1.165) is 0 Å². The summed E-state index contributed by atoms with van der Waals surface area (Å²) in [7, 11) is 1.53. The molecular formula is C11H9F3N4O. The highest BCUT2D eigenvalue weighted by Crippen LogP contribution is 2.21. The van der Waals surface area contributed by atoms with Crippen LogP contribution in [0.25, 0.3) is 0 Å². The SMILES string of the molecule is Cn1cc(N)c(C(=O)Nc2c(F)cc(F)cc2F)n1. The minimum absolute atomic E-state index is 0.0583. The number of nitrogen functional groups attached to an aromatic ring is 1. The van der Waals surface area contributed by atoms with Crippen molar-refractivity contribution in [2.45, 2.75) is 0 Å². The van der Waals surface area contributed by atoms with Gasteiger partial charge < -0.3 is 11.1 Å². The minimum atomic E-state index is -1.22. The van der Waals surface area contributed by atoms with Crippen LogP contribution in [0.3, 0.4) is 0 Å². The number of aryl methyl sites for hydroxylation is 1. The van der Waals surface area contributed by atoms with Crippen LogP contribution in [-0.2, 0) is 7.05 Å². The first-order chi connectivity index (χ1) is 8.88. The van der Waals surface area contributed by atoms with E-state index in [1.807, 2.05) is 5.32 Å². The molecule has 3 N–H and O–H groups in total. The Labute approximate surface area is 105 Å². The van der Waals surface area contributed by atoms with Gasteiger partial charge in [0.1, 0.15) is 11.5 Å². The second-order valence-electron chi connectivity index (χ2n) is 3.81. The molecule has 0 bridgehead atoms. The maximum absolute atomic E-state index is 13.3. The quantitative estimate of drug-likeness (QED) is 0.871. The van der Waals surface area contributed by atoms with Crippen LogP contribution in [-0.4, -0.2) is 15.7 Å². The summed E-state index contributed by atoms with van der Waals surface area (Å²) >= 11 is 0. The normalized spacial score (nSPS) is 10.5. The van der Waals surface area contributed by atoms with Gasteiger partial charge in [0.25, 0.3) is 5.91 Å². The Kier molecular flexibility index (Phi) is 3.16. The van der Waals surface area contributed by atoms with Crippen molar-refractivity contribution < 1.29 is 18.0 Å². The van der Waals surface area contributed by atoms with Gasteiger partial charge in [0.2, 0.25) is 0 Å². The second-order valence-corrected chi connectivity index (χ2v) is 3.81. The average Bonchev–Trinajstić information content (AvgIpc) is 2.62. The molecule has 19 heavy (non-hydrogen) atoms. The summed E-state index contributed by atoms with van der Waals surface area (Å²) < 4.78 is 40.7. The molecule has 0 fully saturated rings. The van der Waals surface area contributed by atoms with Crippen molar-refractivity contribution in [1.29, 1.82) is 0 Å². The molecule has 0 aliphatic rings. The zero-order valence-corrected chi connectivity index (χ0v) is 9.75. The van der Waals surface area contributed by atoms with Crippen LogP contribution >= 0.6 is 0 Å². The average molecular weight is 270 g/mol. The van der Waals surface area contributed by atoms with Gasteiger partial charge >= 0.3 is 0 Å². The lowest BCUT2D eigenvalue weighted by molar-refractivity contribution is 0.102. The summed E-state index contributed by atoms with van der Waals surface area (Å²) in [5.41, 5.74) is 4.63. The molecular weight excluding hydrogens is 261 g/mol. The van der Waals surface area contributed by atoms with Gasteiger partial charge in [-0.05, 0) is 0 Å². The van der Waals surface area contributed by atoms with Crippen molar-refractivity contribution in [2.75, 3.05) is 11.1 Å². The molecule has 2 rings (SSSR count). The third-order valence-electron chi connectivity index (χ3n) is 2.32. The lowest BCUT2D eigenvalue weighted by atomic mass is 10.2. The number of aromatic nitrogens is 2. The second kappa shape index (κ2) is 4.63. The van der Waals surface area contributed by atoms with Gasteiger partial charge in [-0.2, -0.15) is 5.10 Å². The van der Waals surface area contributed by atoms with Crippen LogP contribution in [0.5, 0.6) is 0 Å². The largest absolute Gasteiger partial charge is 0.396 e. The minimum Gasteiger partial charge on any atom is -0.396 e. The molecule has 0 spiro atoms. The van der Waals surface area contributed by atoms with Gasteiger partial charge in [-0.1, -0.05) is 0 Å². The maximum Gasteiger partial charge on any atom is 0.278 e. The summed E-state index contributed by atoms with van der Waals surface area (Å²) in [6.45, 7) is 0. The maximum atomic E-state index is 13.3. The Morgan fingerprint density at radius 3 is 2.37 bits per heavy atom. The van der Waals surface area contributed by atoms with E-state index < -0.39 is 29.0 Å². The molecule has 2 aromatic rings. The molecule has 1 aromatic carbocycles. The number of amides is 1. The Morgan fingerprint density at radius 2 is 1.89 bits per heavy atom. The number of nitrogens with one attached hydrogen (secondary N) is 1. The van der Waals surface area contributed by atoms with Crippen molar-refractivity contribution in [3.63, 3.8) is 0 Å². The van der Waals surface area contributed by atoms with Gasteiger partial charge in [-0.3, -0.25) is 9.48 Å². The van der Waals surface area contributed by atoms with Gasteiger partial charge in [0.15, 0.2) is 17.3 Å². The molecule has 0 saturated carbocycles. The third kappa shape index (κ3) is 2.51. The van der Waals surface area contributed by atoms with Crippen LogP contribution in [0.2, 0.25) is 0 Å². The molecule has 1 aromatic heterocycles. The highest BCUT2D eigenvalue weighted by molar-refractivity contribution is 6.06. The number of carbonyl (C=O) groups excluding carboxylic acids is 1. The van der Waals surface area contributed by atoms with E-state index in [0.29, 0.717) is 12.1 Å². The number of anilines is 2. The Morgan fingerprint density at radius 1 is 1.32 bits per heavy atom. The number of hydrogen-bond donors (Lipinski definition) is 2. The highest BCUT2D eigenvalue weighted by atomic mass is 19.1. The number of hydrogen-bond acceptors (Lipinski definition) is 3. The fraction of sp³-hybridized carbons (Fsp3) is 0.0909. The number of benzene rings is 1. The third-order valence-corrected chi connectivity index (χ3v) is 2.32. The van der Waals surface area contributed by atoms with Crippen molar-refractivity contribution in [3.8, 4) is 0 Å². The molecule has 0 saturated heterocycles. The van der Waals surface area contributed by atoms with Crippen LogP contribution in [0, 0.1) is 17.5 Å². The van der Waals surface area contributed by atoms with E-state index in [1.165, 1.54) is 17.9 Å². The zero-order chi connectivity index (χ0) is 14.2. The number of rotatable bonds is 2. The predicted molar refractivity (Wildman–Crippen MR) is 61.9 cm³/mol. The lowest BCUT2D eigenvalue weighted by Gasteiger charge is -2.06. The first-order valence-electron chi connectivity index (χ1n) is 5.13. The number of carbonyl (C=O) groups is 1. The zero-order valence-electron chi connectivity index (χ0n) is 9.75. The molecule has 5 nitrogen and oxygen atoms in total. The van der Waals surface area contributed by atoms with E-state index in [-0.39, 0.29) is 11.4 Å². The Balaban J connectivity index is 2.32. The van der Waals surface area contributed by atoms with Gasteiger partial charge in [0, 0.05) is 25.4 Å². The van der Waals surface area contributed by atoms with Crippen LogP contribution < -0.4 is 11.1 Å². The van der Waals surface area contributed by atoms with Crippen LogP contribution in [0.1, 0.15) is 10.5 Å². The topological polar surface area (TPSA) is 72.9 Å². The van der Waals surface area contributed by atoms with Gasteiger partial charge in [-0.15, -0.1) is 0 Å². The molecule has 0 radical (unpaired) electrons. The van der Waals surface area contributed by atoms with Crippen molar-refractivity contribution in [2.24, 2.45) is 7.05 Å². The van der Waals surface area contributed by atoms with E-state index in [1.54, 1.807) is 0 Å². The highest BCUT2D eigenvalue weighted by Gasteiger charge is 2.19. The predicted octanol–water partition coefficient (Wildman–Crippen LogP) is 1.67. The summed E-state index contributed by atoms with van der Waals surface area (Å²) in [5, 5.41) is 5.71. The van der Waals surface area contributed by atoms with E-state index in [4.69, 9.17) is 5.73 Å². The van der Waals surface area contributed by atoms with Crippen molar-refractivity contribution in [1.82, 2.24) is 9.78 Å². The molecule has 0 unspecified atom stereocenters. The van der Waals surface area contributed by atoms with Crippen molar-refractivity contribution in [3.05, 3.63) is 41.5 Å². The number of nitrogens with zero attached hydrogens (tertiary/aromatic N) is 2. The van der Waals surface area contributed by atoms with Gasteiger partial charge in [0.05, 0.1) is 5.69 Å². The van der Waals surface area contributed by atoms with E-state index in [9.17, 15) is 18.0 Å². The Hall–Kier alpha value is -2.51. The fourth-order valence-corrected chi connectivity index (χ4v) is 1.52. The smallest absolute Gasteiger partial charge is 0.278 e. The molecule has 1 heterocycles. The van der Waals surface area contributed by atoms with Crippen molar-refractivity contribution >= 4 is 17.3 Å². The fourth-order valence-electron chi connectivity index (χ4n) is 1.52. The molecule has 0 aliphatic heterocycles. The summed E-state index contributed by atoms with van der Waals surface area (Å²) in [4.78, 5) is 11.7. The Bertz CT molecular complexity index is 630. The van der Waals surface area contributed by atoms with E-state index in [2.05, 4.69) is 5.10 Å². The lowest BCUT2D eigenvalue weighted by Crippen LogP contribution is -2.16. The molecule has 0 atom stereocenters. The summed E-state index contributed by atoms with van der Waals surface area (Å²) in [6.07, 6.45) is 1.37. The monoisotopic (exact) mass is 270 g/mol. The van der Waals surface area contributed by atoms with E-state index >= 15 is 0 Å². The standard InChI is InChI=1S/C11H9F3N4O/c1-18-4-8(15)10(17-18)11(19)16-9-6(13)2-5(12)3-7(9)14/h2-4H,15H2,1H3,(H,16,19). The molecule has 100 valence electrons. The van der Waals surface area contributed by atoms with Crippen LogP contribution in [0.15, 0.2) is 18.3 Å². The first-order valence-corrected chi connectivity index (χ1v) is 5.13. The van der Waals surface area contributed by atoms with Crippen LogP contribution in [0.4, 0.5) is 24.5 Å².